The number of hydrogen-bond donors (Lipinski definition) is 1. The third kappa shape index (κ3) is 4.36. The molecule has 1 unspecified atom stereocenters. The summed E-state index contributed by atoms with van der Waals surface area (Å²) in [5.41, 5.74) is 2.01. The molecule has 5 nitrogen and oxygen atoms in total. The summed E-state index contributed by atoms with van der Waals surface area (Å²) >= 11 is 0. The minimum atomic E-state index is -1.13. The molecule has 1 aromatic rings. The van der Waals surface area contributed by atoms with Crippen LogP contribution in [0.15, 0.2) is 41.6 Å². The van der Waals surface area contributed by atoms with Gasteiger partial charge >= 0.3 is 0 Å². The van der Waals surface area contributed by atoms with Gasteiger partial charge in [-0.2, -0.15) is 0 Å². The molecule has 5 heteroatoms. The summed E-state index contributed by atoms with van der Waals surface area (Å²) in [6, 6.07) is 9.72. The molecule has 0 heterocycles. The van der Waals surface area contributed by atoms with Gasteiger partial charge in [0.05, 0.1) is 6.54 Å². The Morgan fingerprint density at radius 2 is 1.91 bits per heavy atom. The van der Waals surface area contributed by atoms with E-state index in [1.165, 1.54) is 0 Å². The van der Waals surface area contributed by atoms with Gasteiger partial charge in [0.1, 0.15) is 11.3 Å². The molecule has 0 saturated carbocycles. The first-order valence-electron chi connectivity index (χ1n) is 7.90. The number of quaternary nitrogens is 1. The summed E-state index contributed by atoms with van der Waals surface area (Å²) in [6.45, 7) is 2.00. The predicted octanol–water partition coefficient (Wildman–Crippen LogP) is 0.0697. The smallest absolute Gasteiger partial charge is 0.172 e. The summed E-state index contributed by atoms with van der Waals surface area (Å²) in [4.78, 5) is 35.1. The maximum absolute atomic E-state index is 12.5. The Kier molecular flexibility index (Phi) is 5.82. The molecular weight excluding hydrogens is 294 g/mol. The van der Waals surface area contributed by atoms with Crippen molar-refractivity contribution in [3.05, 3.63) is 47.2 Å². The Morgan fingerprint density at radius 1 is 1.22 bits per heavy atom. The van der Waals surface area contributed by atoms with Gasteiger partial charge < -0.3 is 15.2 Å². The molecule has 0 radical (unpaired) electrons. The number of hydrogen-bond acceptors (Lipinski definition) is 4. The summed E-state index contributed by atoms with van der Waals surface area (Å²) in [5.74, 6) is -1.41. The first-order valence-corrected chi connectivity index (χ1v) is 7.90. The van der Waals surface area contributed by atoms with E-state index >= 15 is 0 Å². The molecule has 1 atom stereocenters. The maximum Gasteiger partial charge on any atom is 0.172 e. The van der Waals surface area contributed by atoms with Crippen molar-refractivity contribution in [3.8, 4) is 0 Å². The lowest BCUT2D eigenvalue weighted by atomic mass is 9.80. The summed E-state index contributed by atoms with van der Waals surface area (Å²) in [7, 11) is 0. The van der Waals surface area contributed by atoms with Gasteiger partial charge in [-0.3, -0.25) is 9.59 Å². The van der Waals surface area contributed by atoms with Crippen LogP contribution in [0.3, 0.4) is 0 Å². The van der Waals surface area contributed by atoms with Gasteiger partial charge in [0.15, 0.2) is 11.6 Å². The Labute approximate surface area is 135 Å². The van der Waals surface area contributed by atoms with Gasteiger partial charge in [0.25, 0.3) is 0 Å². The first-order chi connectivity index (χ1) is 11.0. The summed E-state index contributed by atoms with van der Waals surface area (Å²) < 4.78 is 0. The molecular formula is C18H21NO4. The Morgan fingerprint density at radius 3 is 2.52 bits per heavy atom. The van der Waals surface area contributed by atoms with Gasteiger partial charge in [-0.15, -0.1) is 0 Å². The zero-order valence-electron chi connectivity index (χ0n) is 13.2. The Balaban J connectivity index is 2.25. The van der Waals surface area contributed by atoms with E-state index in [0.717, 1.165) is 5.56 Å². The molecule has 23 heavy (non-hydrogen) atoms. The van der Waals surface area contributed by atoms with Crippen molar-refractivity contribution in [3.63, 3.8) is 0 Å². The summed E-state index contributed by atoms with van der Waals surface area (Å²) in [5, 5.41) is 12.3. The number of carbonyl (C=O) groups excluding carboxylic acids is 3. The molecule has 122 valence electrons. The van der Waals surface area contributed by atoms with Crippen LogP contribution in [0.4, 0.5) is 0 Å². The predicted molar refractivity (Wildman–Crippen MR) is 82.2 cm³/mol. The number of benzene rings is 1. The van der Waals surface area contributed by atoms with Crippen LogP contribution in [0.1, 0.15) is 44.1 Å². The molecule has 1 aliphatic carbocycles. The van der Waals surface area contributed by atoms with E-state index in [-0.39, 0.29) is 42.4 Å². The van der Waals surface area contributed by atoms with Gasteiger partial charge in [-0.1, -0.05) is 37.3 Å². The normalized spacial score (nSPS) is 18.1. The monoisotopic (exact) mass is 315 g/mol. The van der Waals surface area contributed by atoms with Crippen LogP contribution in [0.2, 0.25) is 0 Å². The standard InChI is InChI=1S/C18H21NO4/c1-2-15(20)18-14(19-9-8-17(22)23)10-13(11-16(18)21)12-6-4-3-5-7-12/h3-7,13,19H,2,8-11H2,1H3,(H,22,23). The fraction of sp³-hybridized carbons (Fsp3) is 0.389. The van der Waals surface area contributed by atoms with Crippen molar-refractivity contribution in [2.24, 2.45) is 0 Å². The molecule has 2 N–H and O–H groups in total. The lowest BCUT2D eigenvalue weighted by Gasteiger charge is -2.24. The number of aliphatic carboxylic acids is 1. The van der Waals surface area contributed by atoms with Gasteiger partial charge in [-0.05, 0) is 5.56 Å². The van der Waals surface area contributed by atoms with E-state index in [1.54, 1.807) is 12.2 Å². The van der Waals surface area contributed by atoms with E-state index in [2.05, 4.69) is 0 Å². The van der Waals surface area contributed by atoms with Crippen LogP contribution in [0.25, 0.3) is 0 Å². The second kappa shape index (κ2) is 7.83. The minimum absolute atomic E-state index is 0.0336. The van der Waals surface area contributed by atoms with Crippen LogP contribution in [0.5, 0.6) is 0 Å². The highest BCUT2D eigenvalue weighted by atomic mass is 16.4. The number of allylic oxidation sites excluding steroid dienone is 2. The van der Waals surface area contributed by atoms with Crippen LogP contribution in [0, 0.1) is 0 Å². The third-order valence-corrected chi connectivity index (χ3v) is 4.11. The van der Waals surface area contributed by atoms with E-state index in [1.807, 2.05) is 30.3 Å². The molecule has 1 aromatic carbocycles. The van der Waals surface area contributed by atoms with Crippen molar-refractivity contribution >= 4 is 17.5 Å². The quantitative estimate of drug-likeness (QED) is 0.721. The number of carboxylic acids is 1. The van der Waals surface area contributed by atoms with Crippen molar-refractivity contribution < 1.29 is 24.8 Å². The molecule has 0 fully saturated rings. The average Bonchev–Trinajstić information content (AvgIpc) is 2.54. The minimum Gasteiger partial charge on any atom is -0.550 e. The van der Waals surface area contributed by atoms with Crippen LogP contribution >= 0.6 is 0 Å². The Bertz CT molecular complexity index is 634. The average molecular weight is 315 g/mol. The highest BCUT2D eigenvalue weighted by Gasteiger charge is 2.33. The largest absolute Gasteiger partial charge is 0.550 e. The number of nitrogens with two attached hydrogens (primary N) is 1. The van der Waals surface area contributed by atoms with Crippen LogP contribution in [-0.2, 0) is 14.4 Å². The first kappa shape index (κ1) is 17.1. The second-order valence-electron chi connectivity index (χ2n) is 5.73. The lowest BCUT2D eigenvalue weighted by Crippen LogP contribution is -2.83. The number of rotatable bonds is 7. The molecule has 0 amide bonds. The Hall–Kier alpha value is -2.27. The van der Waals surface area contributed by atoms with Crippen molar-refractivity contribution in [2.75, 3.05) is 6.54 Å². The van der Waals surface area contributed by atoms with Crippen molar-refractivity contribution in [1.82, 2.24) is 0 Å². The molecule has 0 spiro atoms. The van der Waals surface area contributed by atoms with Crippen LogP contribution in [-0.4, -0.2) is 24.1 Å². The zero-order valence-corrected chi connectivity index (χ0v) is 13.2. The number of carboxylic acid groups (broad SMARTS) is 1. The third-order valence-electron chi connectivity index (χ3n) is 4.11. The van der Waals surface area contributed by atoms with Gasteiger partial charge in [-0.25, -0.2) is 0 Å². The molecule has 0 bridgehead atoms. The SMILES string of the molecule is CCC(=O)C1=C([NH2+]CCC(=O)[O-])CC(c2ccccc2)CC1=O. The molecule has 2 rings (SSSR count). The van der Waals surface area contributed by atoms with Gasteiger partial charge in [0, 0.05) is 37.6 Å². The zero-order chi connectivity index (χ0) is 16.8. The lowest BCUT2D eigenvalue weighted by molar-refractivity contribution is -0.609. The van der Waals surface area contributed by atoms with Crippen molar-refractivity contribution in [1.29, 1.82) is 0 Å². The van der Waals surface area contributed by atoms with E-state index in [0.29, 0.717) is 18.5 Å². The van der Waals surface area contributed by atoms with E-state index in [9.17, 15) is 19.5 Å². The molecule has 0 saturated heterocycles. The topological polar surface area (TPSA) is 90.9 Å². The number of Topliss-reactive ketones (excluding diaryl/α,β-unsaturated/α-hetero) is 2. The van der Waals surface area contributed by atoms with Gasteiger partial charge in [0.2, 0.25) is 0 Å². The second-order valence-corrected chi connectivity index (χ2v) is 5.73. The number of carbonyl (C=O) groups is 3. The van der Waals surface area contributed by atoms with Crippen LogP contribution < -0.4 is 10.4 Å². The maximum atomic E-state index is 12.5. The van der Waals surface area contributed by atoms with Crippen molar-refractivity contribution in [2.45, 2.75) is 38.5 Å². The molecule has 0 aromatic heterocycles. The highest BCUT2D eigenvalue weighted by molar-refractivity contribution is 6.21. The van der Waals surface area contributed by atoms with E-state index in [4.69, 9.17) is 0 Å². The number of ketones is 2. The fourth-order valence-electron chi connectivity index (χ4n) is 2.97. The molecule has 0 aliphatic heterocycles. The molecule has 1 aliphatic rings. The van der Waals surface area contributed by atoms with E-state index < -0.39 is 5.97 Å². The summed E-state index contributed by atoms with van der Waals surface area (Å²) in [6.07, 6.45) is 1.07. The fourth-order valence-corrected chi connectivity index (χ4v) is 2.97. The highest BCUT2D eigenvalue weighted by Crippen LogP contribution is 2.32.